The largest absolute Gasteiger partial charge is 0.481 e. The van der Waals surface area contributed by atoms with E-state index < -0.39 is 27.4 Å². The van der Waals surface area contributed by atoms with Gasteiger partial charge in [-0.1, -0.05) is 0 Å². The summed E-state index contributed by atoms with van der Waals surface area (Å²) in [5, 5.41) is 11.2. The second-order valence-electron chi connectivity index (χ2n) is 5.16. The number of carboxylic acid groups (broad SMARTS) is 1. The lowest BCUT2D eigenvalue weighted by atomic mass is 9.98. The second-order valence-corrected chi connectivity index (χ2v) is 7.09. The van der Waals surface area contributed by atoms with Crippen LogP contribution in [0.25, 0.3) is 0 Å². The molecular weight excluding hydrogens is 300 g/mol. The molecule has 3 N–H and O–H groups in total. The summed E-state index contributed by atoms with van der Waals surface area (Å²) in [5.41, 5.74) is -0.716. The highest BCUT2D eigenvalue weighted by atomic mass is 32.2. The Bertz CT molecular complexity index is 447. The molecule has 1 amide bonds. The van der Waals surface area contributed by atoms with Crippen LogP contribution in [-0.4, -0.2) is 56.5 Å². The zero-order chi connectivity index (χ0) is 16.5. The van der Waals surface area contributed by atoms with Crippen molar-refractivity contribution >= 4 is 21.9 Å². The van der Waals surface area contributed by atoms with Gasteiger partial charge in [0, 0.05) is 18.6 Å². The summed E-state index contributed by atoms with van der Waals surface area (Å²) in [6, 6.07) is 0. The Morgan fingerprint density at radius 1 is 1.29 bits per heavy atom. The third-order valence-corrected chi connectivity index (χ3v) is 3.88. The van der Waals surface area contributed by atoms with E-state index in [2.05, 4.69) is 10.0 Å². The maximum atomic E-state index is 11.7. The van der Waals surface area contributed by atoms with Crippen LogP contribution in [-0.2, 0) is 24.3 Å². The standard InChI is InChI=1S/C12H24N2O6S/c1-4-20-7-8-21(18,19)13-9-10(15)14-12(2,3)6-5-11(16)17/h13H,4-9H2,1-3H3,(H,14,15)(H,16,17). The first kappa shape index (κ1) is 19.8. The van der Waals surface area contributed by atoms with E-state index in [1.165, 1.54) is 0 Å². The van der Waals surface area contributed by atoms with Gasteiger partial charge >= 0.3 is 5.97 Å². The van der Waals surface area contributed by atoms with Gasteiger partial charge in [0.1, 0.15) is 0 Å². The molecular formula is C12H24N2O6S. The van der Waals surface area contributed by atoms with Gasteiger partial charge in [-0.15, -0.1) is 0 Å². The third kappa shape index (κ3) is 11.2. The van der Waals surface area contributed by atoms with Gasteiger partial charge in [-0.25, -0.2) is 13.1 Å². The summed E-state index contributed by atoms with van der Waals surface area (Å²) in [7, 11) is -3.56. The van der Waals surface area contributed by atoms with E-state index in [9.17, 15) is 18.0 Å². The van der Waals surface area contributed by atoms with Crippen LogP contribution in [0.2, 0.25) is 0 Å². The molecule has 0 aliphatic rings. The fourth-order valence-electron chi connectivity index (χ4n) is 1.46. The molecule has 0 saturated carbocycles. The number of amides is 1. The molecule has 0 aliphatic carbocycles. The summed E-state index contributed by atoms with van der Waals surface area (Å²) in [5.74, 6) is -1.67. The molecule has 0 aromatic heterocycles. The molecule has 0 heterocycles. The van der Waals surface area contributed by atoms with Gasteiger partial charge < -0.3 is 15.2 Å². The molecule has 0 aliphatic heterocycles. The van der Waals surface area contributed by atoms with Crippen LogP contribution in [0.5, 0.6) is 0 Å². The highest BCUT2D eigenvalue weighted by Crippen LogP contribution is 2.10. The van der Waals surface area contributed by atoms with Crippen molar-refractivity contribution in [3.8, 4) is 0 Å². The number of hydrogen-bond acceptors (Lipinski definition) is 5. The molecule has 124 valence electrons. The van der Waals surface area contributed by atoms with Crippen LogP contribution in [0.15, 0.2) is 0 Å². The number of carboxylic acids is 1. The maximum absolute atomic E-state index is 11.7. The number of ether oxygens (including phenoxy) is 1. The van der Waals surface area contributed by atoms with Crippen molar-refractivity contribution < 1.29 is 27.9 Å². The highest BCUT2D eigenvalue weighted by Gasteiger charge is 2.22. The number of carbonyl (C=O) groups excluding carboxylic acids is 1. The van der Waals surface area contributed by atoms with Crippen molar-refractivity contribution in [1.82, 2.24) is 10.0 Å². The van der Waals surface area contributed by atoms with Crippen LogP contribution < -0.4 is 10.0 Å². The molecule has 0 atom stereocenters. The van der Waals surface area contributed by atoms with Gasteiger partial charge in [-0.05, 0) is 27.2 Å². The maximum Gasteiger partial charge on any atom is 0.303 e. The average Bonchev–Trinajstić information content (AvgIpc) is 2.34. The normalized spacial score (nSPS) is 12.1. The number of hydrogen-bond donors (Lipinski definition) is 3. The van der Waals surface area contributed by atoms with E-state index in [1.54, 1.807) is 20.8 Å². The minimum absolute atomic E-state index is 0.0670. The van der Waals surface area contributed by atoms with E-state index in [4.69, 9.17) is 9.84 Å². The van der Waals surface area contributed by atoms with Gasteiger partial charge in [0.25, 0.3) is 0 Å². The summed E-state index contributed by atoms with van der Waals surface area (Å²) in [4.78, 5) is 22.2. The lowest BCUT2D eigenvalue weighted by Crippen LogP contribution is -2.48. The quantitative estimate of drug-likeness (QED) is 0.449. The summed E-state index contributed by atoms with van der Waals surface area (Å²) >= 11 is 0. The predicted molar refractivity (Wildman–Crippen MR) is 77.4 cm³/mol. The Morgan fingerprint density at radius 2 is 1.90 bits per heavy atom. The van der Waals surface area contributed by atoms with Gasteiger partial charge in [0.15, 0.2) is 0 Å². The van der Waals surface area contributed by atoms with E-state index >= 15 is 0 Å². The summed E-state index contributed by atoms with van der Waals surface area (Å²) in [6.07, 6.45) is 0.179. The van der Waals surface area contributed by atoms with Crippen molar-refractivity contribution in [3.63, 3.8) is 0 Å². The number of rotatable bonds is 11. The zero-order valence-electron chi connectivity index (χ0n) is 12.6. The fourth-order valence-corrected chi connectivity index (χ4v) is 2.30. The molecule has 8 nitrogen and oxygen atoms in total. The Labute approximate surface area is 125 Å². The van der Waals surface area contributed by atoms with Crippen LogP contribution in [0, 0.1) is 0 Å². The number of nitrogens with one attached hydrogen (secondary N) is 2. The average molecular weight is 324 g/mol. The molecule has 0 radical (unpaired) electrons. The molecule has 0 unspecified atom stereocenters. The Hall–Kier alpha value is -1.19. The topological polar surface area (TPSA) is 122 Å². The van der Waals surface area contributed by atoms with Crippen LogP contribution >= 0.6 is 0 Å². The molecule has 21 heavy (non-hydrogen) atoms. The van der Waals surface area contributed by atoms with E-state index in [1.807, 2.05) is 0 Å². The fraction of sp³-hybridized carbons (Fsp3) is 0.833. The minimum atomic E-state index is -3.56. The third-order valence-electron chi connectivity index (χ3n) is 2.59. The van der Waals surface area contributed by atoms with E-state index in [0.717, 1.165) is 0 Å². The monoisotopic (exact) mass is 324 g/mol. The molecule has 0 aromatic carbocycles. The lowest BCUT2D eigenvalue weighted by Gasteiger charge is -2.25. The zero-order valence-corrected chi connectivity index (χ0v) is 13.5. The first-order valence-corrected chi connectivity index (χ1v) is 8.31. The first-order valence-electron chi connectivity index (χ1n) is 6.66. The van der Waals surface area contributed by atoms with Crippen LogP contribution in [0.1, 0.15) is 33.6 Å². The summed E-state index contributed by atoms with van der Waals surface area (Å²) < 4.78 is 30.2. The Morgan fingerprint density at radius 3 is 2.43 bits per heavy atom. The second kappa shape index (κ2) is 8.96. The Balaban J connectivity index is 4.16. The molecule has 0 spiro atoms. The first-order chi connectivity index (χ1) is 9.58. The van der Waals surface area contributed by atoms with Gasteiger partial charge in [0.2, 0.25) is 15.9 Å². The van der Waals surface area contributed by atoms with Crippen molar-refractivity contribution in [1.29, 1.82) is 0 Å². The predicted octanol–water partition coefficient (Wildman–Crippen LogP) is -0.298. The molecule has 0 rings (SSSR count). The van der Waals surface area contributed by atoms with Crippen LogP contribution in [0.3, 0.4) is 0 Å². The van der Waals surface area contributed by atoms with Gasteiger partial charge in [0.05, 0.1) is 18.9 Å². The molecule has 0 fully saturated rings. The molecule has 9 heteroatoms. The highest BCUT2D eigenvalue weighted by molar-refractivity contribution is 7.89. The van der Waals surface area contributed by atoms with Gasteiger partial charge in [-0.2, -0.15) is 0 Å². The SMILES string of the molecule is CCOCCS(=O)(=O)NCC(=O)NC(C)(C)CCC(=O)O. The Kier molecular flexibility index (Phi) is 8.45. The van der Waals surface area contributed by atoms with E-state index in [-0.39, 0.29) is 31.7 Å². The lowest BCUT2D eigenvalue weighted by molar-refractivity contribution is -0.137. The van der Waals surface area contributed by atoms with E-state index in [0.29, 0.717) is 6.61 Å². The van der Waals surface area contributed by atoms with Crippen molar-refractivity contribution in [2.24, 2.45) is 0 Å². The minimum Gasteiger partial charge on any atom is -0.481 e. The summed E-state index contributed by atoms with van der Waals surface area (Å²) in [6.45, 7) is 5.22. The molecule has 0 bridgehead atoms. The van der Waals surface area contributed by atoms with Crippen molar-refractivity contribution in [2.45, 2.75) is 39.2 Å². The number of carbonyl (C=O) groups is 2. The molecule has 0 aromatic rings. The smallest absolute Gasteiger partial charge is 0.303 e. The number of aliphatic carboxylic acids is 1. The van der Waals surface area contributed by atoms with Gasteiger partial charge in [-0.3, -0.25) is 9.59 Å². The number of sulfonamides is 1. The molecule has 0 saturated heterocycles. The van der Waals surface area contributed by atoms with Crippen molar-refractivity contribution in [3.05, 3.63) is 0 Å². The van der Waals surface area contributed by atoms with Crippen LogP contribution in [0.4, 0.5) is 0 Å². The van der Waals surface area contributed by atoms with Crippen molar-refractivity contribution in [2.75, 3.05) is 25.5 Å².